The van der Waals surface area contributed by atoms with Crippen LogP contribution in [0.2, 0.25) is 13.1 Å². The quantitative estimate of drug-likeness (QED) is 0.251. The van der Waals surface area contributed by atoms with Crippen LogP contribution in [0.4, 0.5) is 11.4 Å². The monoisotopic (exact) mass is 575 g/mol. The molecule has 3 aromatic rings. The summed E-state index contributed by atoms with van der Waals surface area (Å²) in [6.07, 6.45) is 6.54. The van der Waals surface area contributed by atoms with Crippen LogP contribution in [0.25, 0.3) is 0 Å². The Labute approximate surface area is 253 Å². The molecular weight excluding hydrogens is 529 g/mol. The predicted octanol–water partition coefficient (Wildman–Crippen LogP) is 8.15. The van der Waals surface area contributed by atoms with E-state index in [9.17, 15) is 5.11 Å². The van der Waals surface area contributed by atoms with Gasteiger partial charge < -0.3 is 10.0 Å². The highest BCUT2D eigenvalue weighted by atomic mass is 28.3. The second-order valence-corrected chi connectivity index (χ2v) is 18.5. The summed E-state index contributed by atoms with van der Waals surface area (Å²) in [5.41, 5.74) is 11.1. The third-order valence-corrected chi connectivity index (χ3v) is 14.2. The standard InChI is InChI=1S/C38H46N2OSi/c1-10-40-34-22-36-33(21-32(34)26(4)23-38(40,5)6)37(30-17-11-24(2)19-25(30)3)31-18-14-28(20-35(31)42(36,8)9)39(7)27-12-15-29(41)16-13-27/h11-22,26,33,37H,10,23H2,1-9H3/p+1. The van der Waals surface area contributed by atoms with E-state index in [-0.39, 0.29) is 5.54 Å². The number of fused-ring (bicyclic) bond motifs is 3. The lowest BCUT2D eigenvalue weighted by Gasteiger charge is -2.47. The number of nitrogens with zero attached hydrogens (tertiary/aromatic N) is 2. The van der Waals surface area contributed by atoms with E-state index in [0.29, 0.717) is 23.5 Å². The summed E-state index contributed by atoms with van der Waals surface area (Å²) < 4.78 is 2.67. The Hall–Kier alpha value is -3.37. The van der Waals surface area contributed by atoms with Gasteiger partial charge in [-0.2, -0.15) is 0 Å². The smallest absolute Gasteiger partial charge is 0.203 e. The summed E-state index contributed by atoms with van der Waals surface area (Å²) in [5.74, 6) is 1.51. The molecule has 0 amide bonds. The number of phenolic OH excluding ortho intramolecular Hbond substituents is 1. The van der Waals surface area contributed by atoms with Gasteiger partial charge in [0.2, 0.25) is 5.71 Å². The minimum atomic E-state index is -2.05. The topological polar surface area (TPSA) is 26.5 Å². The second kappa shape index (κ2) is 10.1. The zero-order valence-corrected chi connectivity index (χ0v) is 27.9. The molecule has 6 rings (SSSR count). The first-order valence-corrected chi connectivity index (χ1v) is 18.7. The summed E-state index contributed by atoms with van der Waals surface area (Å²) in [5, 5.41) is 13.1. The molecule has 3 nitrogen and oxygen atoms in total. The maximum absolute atomic E-state index is 9.86. The number of hydrogen-bond acceptors (Lipinski definition) is 2. The van der Waals surface area contributed by atoms with Gasteiger partial charge in [-0.05, 0) is 98.8 Å². The molecule has 0 saturated heterocycles. The van der Waals surface area contributed by atoms with Gasteiger partial charge in [0.25, 0.3) is 0 Å². The molecule has 0 aromatic heterocycles. The van der Waals surface area contributed by atoms with Crippen molar-refractivity contribution in [1.82, 2.24) is 0 Å². The van der Waals surface area contributed by atoms with E-state index < -0.39 is 8.07 Å². The molecule has 2 aliphatic heterocycles. The average molecular weight is 576 g/mol. The van der Waals surface area contributed by atoms with Crippen molar-refractivity contribution in [2.24, 2.45) is 11.8 Å². The molecule has 3 unspecified atom stereocenters. The van der Waals surface area contributed by atoms with Crippen molar-refractivity contribution in [3.63, 3.8) is 0 Å². The highest BCUT2D eigenvalue weighted by Crippen LogP contribution is 2.50. The SMILES string of the molecule is CC[N+]1=C2C=C3C(C=C2C(C)CC1(C)C)C(c1ccc(C)cc1C)c1ccc(N(C)c2ccc(O)cc2)cc1[Si]3(C)C. The average Bonchev–Trinajstić information content (AvgIpc) is 2.93. The Balaban J connectivity index is 1.60. The van der Waals surface area contributed by atoms with Crippen LogP contribution in [0.3, 0.4) is 0 Å². The lowest BCUT2D eigenvalue weighted by molar-refractivity contribution is -0.602. The van der Waals surface area contributed by atoms with Gasteiger partial charge in [-0.15, -0.1) is 0 Å². The van der Waals surface area contributed by atoms with Crippen LogP contribution in [0.15, 0.2) is 83.6 Å². The van der Waals surface area contributed by atoms with E-state index in [0.717, 1.165) is 12.2 Å². The van der Waals surface area contributed by atoms with E-state index in [1.165, 1.54) is 40.1 Å². The van der Waals surface area contributed by atoms with Gasteiger partial charge in [-0.25, -0.2) is 4.58 Å². The van der Waals surface area contributed by atoms with Crippen molar-refractivity contribution in [2.45, 2.75) is 72.5 Å². The largest absolute Gasteiger partial charge is 0.508 e. The highest BCUT2D eigenvalue weighted by molar-refractivity contribution is 6.96. The van der Waals surface area contributed by atoms with E-state index in [2.05, 4.69) is 120 Å². The maximum Gasteiger partial charge on any atom is 0.203 e. The molecule has 4 heteroatoms. The molecule has 42 heavy (non-hydrogen) atoms. The fourth-order valence-corrected chi connectivity index (χ4v) is 11.7. The van der Waals surface area contributed by atoms with Crippen molar-refractivity contribution < 1.29 is 9.68 Å². The molecule has 0 spiro atoms. The number of hydrogen-bond donors (Lipinski definition) is 1. The van der Waals surface area contributed by atoms with Gasteiger partial charge in [0.05, 0.1) is 0 Å². The number of phenols is 1. The molecule has 0 bridgehead atoms. The van der Waals surface area contributed by atoms with E-state index in [4.69, 9.17) is 0 Å². The number of aromatic hydroxyl groups is 1. The number of anilines is 2. The minimum absolute atomic E-state index is 0.149. The number of allylic oxidation sites excluding steroid dienone is 4. The van der Waals surface area contributed by atoms with Crippen LogP contribution < -0.4 is 10.1 Å². The van der Waals surface area contributed by atoms with Crippen LogP contribution in [-0.2, 0) is 0 Å². The van der Waals surface area contributed by atoms with Gasteiger partial charge in [0, 0.05) is 48.3 Å². The fraction of sp³-hybridized carbons (Fsp3) is 0.395. The number of aryl methyl sites for hydroxylation is 2. The Bertz CT molecular complexity index is 1660. The van der Waals surface area contributed by atoms with Crippen molar-refractivity contribution >= 4 is 30.3 Å². The van der Waals surface area contributed by atoms with Crippen molar-refractivity contribution in [3.8, 4) is 5.75 Å². The van der Waals surface area contributed by atoms with Crippen LogP contribution in [0.5, 0.6) is 5.75 Å². The molecular formula is C38H47N2OSi+. The van der Waals surface area contributed by atoms with E-state index in [1.54, 1.807) is 28.1 Å². The lowest BCUT2D eigenvalue weighted by atomic mass is 9.71. The first-order chi connectivity index (χ1) is 19.8. The van der Waals surface area contributed by atoms with Crippen LogP contribution in [-0.4, -0.2) is 42.6 Å². The molecule has 3 aliphatic rings. The first-order valence-electron chi connectivity index (χ1n) is 15.7. The molecule has 218 valence electrons. The van der Waals surface area contributed by atoms with E-state index >= 15 is 0 Å². The molecule has 1 aliphatic carbocycles. The predicted molar refractivity (Wildman–Crippen MR) is 181 cm³/mol. The Morgan fingerprint density at radius 1 is 0.952 bits per heavy atom. The van der Waals surface area contributed by atoms with Gasteiger partial charge in [0.1, 0.15) is 20.4 Å². The van der Waals surface area contributed by atoms with Gasteiger partial charge in [-0.1, -0.05) is 61.1 Å². The zero-order valence-electron chi connectivity index (χ0n) is 26.9. The molecule has 0 fully saturated rings. The molecule has 2 heterocycles. The number of rotatable bonds is 4. The first kappa shape index (κ1) is 28.7. The lowest BCUT2D eigenvalue weighted by Crippen LogP contribution is -2.55. The molecule has 1 N–H and O–H groups in total. The fourth-order valence-electron chi connectivity index (χ4n) is 8.39. The van der Waals surface area contributed by atoms with Crippen LogP contribution in [0, 0.1) is 25.7 Å². The Morgan fingerprint density at radius 3 is 2.29 bits per heavy atom. The summed E-state index contributed by atoms with van der Waals surface area (Å²) in [6.45, 7) is 20.3. The summed E-state index contributed by atoms with van der Waals surface area (Å²) in [7, 11) is 0.0820. The van der Waals surface area contributed by atoms with Gasteiger partial charge >= 0.3 is 0 Å². The maximum atomic E-state index is 9.86. The summed E-state index contributed by atoms with van der Waals surface area (Å²) in [6, 6.07) is 21.8. The zero-order chi connectivity index (χ0) is 30.1. The molecule has 3 aromatic carbocycles. The third-order valence-electron chi connectivity index (χ3n) is 10.5. The van der Waals surface area contributed by atoms with Crippen LogP contribution >= 0.6 is 0 Å². The second-order valence-electron chi connectivity index (χ2n) is 14.1. The summed E-state index contributed by atoms with van der Waals surface area (Å²) in [4.78, 5) is 2.24. The van der Waals surface area contributed by atoms with Crippen LogP contribution in [0.1, 0.15) is 62.3 Å². The van der Waals surface area contributed by atoms with Crippen molar-refractivity contribution in [1.29, 1.82) is 0 Å². The molecule has 0 saturated carbocycles. The number of benzene rings is 3. The highest BCUT2D eigenvalue weighted by Gasteiger charge is 2.50. The summed E-state index contributed by atoms with van der Waals surface area (Å²) >= 11 is 0. The van der Waals surface area contributed by atoms with Gasteiger partial charge in [0.15, 0.2) is 5.54 Å². The minimum Gasteiger partial charge on any atom is -0.508 e. The normalized spacial score (nSPS) is 23.8. The Kier molecular flexibility index (Phi) is 6.92. The Morgan fingerprint density at radius 2 is 1.62 bits per heavy atom. The van der Waals surface area contributed by atoms with Crippen molar-refractivity contribution in [3.05, 3.63) is 106 Å². The molecule has 3 atom stereocenters. The molecule has 0 radical (unpaired) electrons. The van der Waals surface area contributed by atoms with Gasteiger partial charge in [-0.3, -0.25) is 0 Å². The third kappa shape index (κ3) is 4.50. The van der Waals surface area contributed by atoms with Crippen molar-refractivity contribution in [2.75, 3.05) is 18.5 Å². The van der Waals surface area contributed by atoms with E-state index in [1.807, 2.05) is 12.1 Å².